The summed E-state index contributed by atoms with van der Waals surface area (Å²) in [4.78, 5) is 7.60. The molecule has 1 aliphatic rings. The molecule has 1 aliphatic heterocycles. The molecule has 3 nitrogen and oxygen atoms in total. The highest BCUT2D eigenvalue weighted by Gasteiger charge is 2.18. The van der Waals surface area contributed by atoms with E-state index in [4.69, 9.17) is 0 Å². The lowest BCUT2D eigenvalue weighted by Crippen LogP contribution is -2.14. The first-order valence-corrected chi connectivity index (χ1v) is 4.91. The SMILES string of the molecule is C=CC(=C)c1cnc([C@@H]2CCCN2)[nH]1. The Bertz CT molecular complexity index is 345. The number of hydrogen-bond donors (Lipinski definition) is 2. The Morgan fingerprint density at radius 2 is 2.50 bits per heavy atom. The Morgan fingerprint density at radius 1 is 1.64 bits per heavy atom. The van der Waals surface area contributed by atoms with Gasteiger partial charge in [-0.05, 0) is 25.0 Å². The summed E-state index contributed by atoms with van der Waals surface area (Å²) in [6, 6.07) is 0.390. The monoisotopic (exact) mass is 189 g/mol. The Balaban J connectivity index is 2.16. The summed E-state index contributed by atoms with van der Waals surface area (Å²) >= 11 is 0. The first-order chi connectivity index (χ1) is 6.81. The van der Waals surface area contributed by atoms with Gasteiger partial charge in [0.25, 0.3) is 0 Å². The fourth-order valence-electron chi connectivity index (χ4n) is 1.70. The van der Waals surface area contributed by atoms with Crippen molar-refractivity contribution in [3.05, 3.63) is 36.9 Å². The number of rotatable bonds is 3. The van der Waals surface area contributed by atoms with Crippen molar-refractivity contribution in [1.29, 1.82) is 0 Å². The summed E-state index contributed by atoms with van der Waals surface area (Å²) in [5.74, 6) is 1.01. The number of hydrogen-bond acceptors (Lipinski definition) is 2. The van der Waals surface area contributed by atoms with E-state index >= 15 is 0 Å². The van der Waals surface area contributed by atoms with Crippen LogP contribution in [0.3, 0.4) is 0 Å². The van der Waals surface area contributed by atoms with Crippen molar-refractivity contribution in [3.8, 4) is 0 Å². The summed E-state index contributed by atoms with van der Waals surface area (Å²) in [6.07, 6.45) is 5.94. The Morgan fingerprint density at radius 3 is 3.14 bits per heavy atom. The van der Waals surface area contributed by atoms with Crippen molar-refractivity contribution in [2.24, 2.45) is 0 Å². The molecule has 0 aromatic carbocycles. The lowest BCUT2D eigenvalue weighted by molar-refractivity contribution is 0.612. The standard InChI is InChI=1S/C11H15N3/c1-3-8(2)10-7-13-11(14-10)9-5-4-6-12-9/h3,7,9,12H,1-2,4-6H2,(H,13,14)/t9-/m0/s1. The van der Waals surface area contributed by atoms with Gasteiger partial charge in [0.15, 0.2) is 0 Å². The molecule has 2 N–H and O–H groups in total. The number of aromatic nitrogens is 2. The third kappa shape index (κ3) is 1.63. The van der Waals surface area contributed by atoms with Crippen molar-refractivity contribution < 1.29 is 0 Å². The summed E-state index contributed by atoms with van der Waals surface area (Å²) < 4.78 is 0. The molecule has 74 valence electrons. The van der Waals surface area contributed by atoms with E-state index in [1.165, 1.54) is 6.42 Å². The van der Waals surface area contributed by atoms with E-state index in [-0.39, 0.29) is 0 Å². The first kappa shape index (κ1) is 9.21. The molecule has 0 unspecified atom stereocenters. The third-order valence-corrected chi connectivity index (χ3v) is 2.58. The second-order valence-electron chi connectivity index (χ2n) is 3.56. The quantitative estimate of drug-likeness (QED) is 0.714. The highest BCUT2D eigenvalue weighted by atomic mass is 15.0. The molecule has 0 aliphatic carbocycles. The van der Waals surface area contributed by atoms with Crippen LogP contribution < -0.4 is 5.32 Å². The number of aromatic amines is 1. The maximum Gasteiger partial charge on any atom is 0.123 e. The van der Waals surface area contributed by atoms with E-state index in [1.807, 2.05) is 6.20 Å². The lowest BCUT2D eigenvalue weighted by atomic mass is 10.2. The van der Waals surface area contributed by atoms with Crippen molar-refractivity contribution in [3.63, 3.8) is 0 Å². The zero-order valence-electron chi connectivity index (χ0n) is 8.21. The average Bonchev–Trinajstić information content (AvgIpc) is 2.86. The van der Waals surface area contributed by atoms with Crippen LogP contribution in [0.15, 0.2) is 25.4 Å². The minimum atomic E-state index is 0.390. The largest absolute Gasteiger partial charge is 0.341 e. The summed E-state index contributed by atoms with van der Waals surface area (Å²) in [6.45, 7) is 8.64. The van der Waals surface area contributed by atoms with Gasteiger partial charge in [-0.2, -0.15) is 0 Å². The van der Waals surface area contributed by atoms with Crippen LogP contribution in [-0.2, 0) is 0 Å². The zero-order chi connectivity index (χ0) is 9.97. The number of nitrogens with one attached hydrogen (secondary N) is 2. The number of H-pyrrole nitrogens is 1. The van der Waals surface area contributed by atoms with Gasteiger partial charge in [-0.3, -0.25) is 0 Å². The van der Waals surface area contributed by atoms with Crippen LogP contribution in [0.2, 0.25) is 0 Å². The average molecular weight is 189 g/mol. The van der Waals surface area contributed by atoms with Gasteiger partial charge in [-0.25, -0.2) is 4.98 Å². The topological polar surface area (TPSA) is 40.7 Å². The predicted molar refractivity (Wildman–Crippen MR) is 57.8 cm³/mol. The summed E-state index contributed by atoms with van der Waals surface area (Å²) in [7, 11) is 0. The molecule has 1 aromatic rings. The van der Waals surface area contributed by atoms with Crippen molar-refractivity contribution in [2.75, 3.05) is 6.54 Å². The molecule has 2 heterocycles. The Kier molecular flexibility index (Phi) is 2.50. The van der Waals surface area contributed by atoms with E-state index in [9.17, 15) is 0 Å². The first-order valence-electron chi connectivity index (χ1n) is 4.91. The van der Waals surface area contributed by atoms with E-state index < -0.39 is 0 Å². The van der Waals surface area contributed by atoms with E-state index in [2.05, 4.69) is 28.4 Å². The van der Waals surface area contributed by atoms with Crippen LogP contribution in [0.1, 0.15) is 30.4 Å². The van der Waals surface area contributed by atoms with Gasteiger partial charge < -0.3 is 10.3 Å². The maximum atomic E-state index is 4.34. The van der Waals surface area contributed by atoms with Crippen molar-refractivity contribution >= 4 is 5.57 Å². The second kappa shape index (κ2) is 3.80. The molecule has 0 bridgehead atoms. The molecule has 0 radical (unpaired) electrons. The van der Waals surface area contributed by atoms with Crippen LogP contribution in [0.4, 0.5) is 0 Å². The highest BCUT2D eigenvalue weighted by molar-refractivity contribution is 5.68. The molecule has 0 saturated carbocycles. The molecule has 1 fully saturated rings. The molecule has 0 amide bonds. The van der Waals surface area contributed by atoms with Gasteiger partial charge in [-0.1, -0.05) is 19.2 Å². The van der Waals surface area contributed by atoms with Crippen LogP contribution in [0.5, 0.6) is 0 Å². The highest BCUT2D eigenvalue weighted by Crippen LogP contribution is 2.21. The number of allylic oxidation sites excluding steroid dienone is 2. The minimum Gasteiger partial charge on any atom is -0.341 e. The summed E-state index contributed by atoms with van der Waals surface area (Å²) in [5.41, 5.74) is 1.85. The molecule has 3 heteroatoms. The van der Waals surface area contributed by atoms with Gasteiger partial charge in [0, 0.05) is 0 Å². The van der Waals surface area contributed by atoms with Crippen molar-refractivity contribution in [2.45, 2.75) is 18.9 Å². The van der Waals surface area contributed by atoms with Gasteiger partial charge in [0.1, 0.15) is 5.82 Å². The smallest absolute Gasteiger partial charge is 0.123 e. The molecular weight excluding hydrogens is 174 g/mol. The van der Waals surface area contributed by atoms with E-state index in [1.54, 1.807) is 6.08 Å². The fraction of sp³-hybridized carbons (Fsp3) is 0.364. The maximum absolute atomic E-state index is 4.34. The van der Waals surface area contributed by atoms with Crippen LogP contribution in [0.25, 0.3) is 5.57 Å². The molecule has 1 aromatic heterocycles. The molecule has 14 heavy (non-hydrogen) atoms. The van der Waals surface area contributed by atoms with E-state index in [0.717, 1.165) is 30.1 Å². The molecular formula is C11H15N3. The fourth-order valence-corrected chi connectivity index (χ4v) is 1.70. The predicted octanol–water partition coefficient (Wildman–Crippen LogP) is 2.03. The number of imidazole rings is 1. The zero-order valence-corrected chi connectivity index (χ0v) is 8.21. The second-order valence-corrected chi connectivity index (χ2v) is 3.56. The number of nitrogens with zero attached hydrogens (tertiary/aromatic N) is 1. The van der Waals surface area contributed by atoms with Gasteiger partial charge in [-0.15, -0.1) is 0 Å². The van der Waals surface area contributed by atoms with Gasteiger partial charge >= 0.3 is 0 Å². The molecule has 2 rings (SSSR count). The van der Waals surface area contributed by atoms with Crippen LogP contribution in [-0.4, -0.2) is 16.5 Å². The van der Waals surface area contributed by atoms with Crippen LogP contribution >= 0.6 is 0 Å². The van der Waals surface area contributed by atoms with Crippen molar-refractivity contribution in [1.82, 2.24) is 15.3 Å². The van der Waals surface area contributed by atoms with Gasteiger partial charge in [0.2, 0.25) is 0 Å². The molecule has 1 atom stereocenters. The molecule has 1 saturated heterocycles. The lowest BCUT2D eigenvalue weighted by Gasteiger charge is -2.05. The van der Waals surface area contributed by atoms with E-state index in [0.29, 0.717) is 6.04 Å². The Labute approximate surface area is 83.9 Å². The molecule has 0 spiro atoms. The Hall–Kier alpha value is -1.35. The van der Waals surface area contributed by atoms with Gasteiger partial charge in [0.05, 0.1) is 17.9 Å². The van der Waals surface area contributed by atoms with Crippen LogP contribution in [0, 0.1) is 0 Å². The minimum absolute atomic E-state index is 0.390. The third-order valence-electron chi connectivity index (χ3n) is 2.58. The summed E-state index contributed by atoms with van der Waals surface area (Å²) in [5, 5.41) is 3.39. The normalized spacial score (nSPS) is 21.0.